The van der Waals surface area contributed by atoms with E-state index in [1.165, 1.54) is 4.31 Å². The molecule has 1 N–H and O–H groups in total. The molecule has 110 valence electrons. The standard InChI is InChI=1S/C12H21NO5S/c14-12(15)10-4-3-6-13(8-10)19(16,17)9-11-5-1-2-7-18-11/h10-11H,1-9H2,(H,14,15). The van der Waals surface area contributed by atoms with Crippen LogP contribution in [0.2, 0.25) is 0 Å². The fraction of sp³-hybridized carbons (Fsp3) is 0.917. The lowest BCUT2D eigenvalue weighted by atomic mass is 10.0. The third kappa shape index (κ3) is 3.90. The zero-order valence-electron chi connectivity index (χ0n) is 11.0. The first-order valence-corrected chi connectivity index (χ1v) is 8.42. The maximum atomic E-state index is 12.3. The van der Waals surface area contributed by atoms with Crippen LogP contribution < -0.4 is 0 Å². The maximum Gasteiger partial charge on any atom is 0.307 e. The number of carboxylic acids is 1. The van der Waals surface area contributed by atoms with Crippen molar-refractivity contribution in [1.82, 2.24) is 4.31 Å². The van der Waals surface area contributed by atoms with E-state index >= 15 is 0 Å². The third-order valence-electron chi connectivity index (χ3n) is 3.80. The van der Waals surface area contributed by atoms with Crippen LogP contribution in [0.25, 0.3) is 0 Å². The Morgan fingerprint density at radius 3 is 2.68 bits per heavy atom. The molecule has 2 fully saturated rings. The quantitative estimate of drug-likeness (QED) is 0.823. The molecule has 0 spiro atoms. The molecular weight excluding hydrogens is 270 g/mol. The van der Waals surface area contributed by atoms with E-state index in [0.717, 1.165) is 19.3 Å². The molecule has 2 saturated heterocycles. The third-order valence-corrected chi connectivity index (χ3v) is 5.71. The van der Waals surface area contributed by atoms with E-state index in [0.29, 0.717) is 26.0 Å². The summed E-state index contributed by atoms with van der Waals surface area (Å²) in [6.45, 7) is 1.15. The average molecular weight is 291 g/mol. The van der Waals surface area contributed by atoms with Gasteiger partial charge in [0.05, 0.1) is 17.8 Å². The zero-order valence-corrected chi connectivity index (χ0v) is 11.8. The second-order valence-corrected chi connectivity index (χ2v) is 7.32. The number of rotatable bonds is 4. The van der Waals surface area contributed by atoms with Crippen molar-refractivity contribution in [2.45, 2.75) is 38.2 Å². The lowest BCUT2D eigenvalue weighted by molar-refractivity contribution is -0.142. The lowest BCUT2D eigenvalue weighted by Gasteiger charge is -2.31. The molecule has 0 bridgehead atoms. The first kappa shape index (κ1) is 14.7. The van der Waals surface area contributed by atoms with Crippen LogP contribution >= 0.6 is 0 Å². The summed E-state index contributed by atoms with van der Waals surface area (Å²) in [4.78, 5) is 11.0. The number of hydrogen-bond acceptors (Lipinski definition) is 4. The fourth-order valence-electron chi connectivity index (χ4n) is 2.68. The summed E-state index contributed by atoms with van der Waals surface area (Å²) in [5.41, 5.74) is 0. The molecule has 0 aromatic carbocycles. The van der Waals surface area contributed by atoms with Crippen molar-refractivity contribution in [1.29, 1.82) is 0 Å². The van der Waals surface area contributed by atoms with E-state index in [4.69, 9.17) is 9.84 Å². The monoisotopic (exact) mass is 291 g/mol. The molecule has 6 nitrogen and oxygen atoms in total. The smallest absolute Gasteiger partial charge is 0.307 e. The highest BCUT2D eigenvalue weighted by molar-refractivity contribution is 7.89. The van der Waals surface area contributed by atoms with E-state index in [1.54, 1.807) is 0 Å². The van der Waals surface area contributed by atoms with Gasteiger partial charge in [-0.05, 0) is 32.1 Å². The van der Waals surface area contributed by atoms with Crippen molar-refractivity contribution in [2.75, 3.05) is 25.4 Å². The summed E-state index contributed by atoms with van der Waals surface area (Å²) in [6.07, 6.45) is 3.70. The molecular formula is C12H21NO5S. The Morgan fingerprint density at radius 2 is 2.05 bits per heavy atom. The first-order valence-electron chi connectivity index (χ1n) is 6.81. The van der Waals surface area contributed by atoms with Gasteiger partial charge in [0.15, 0.2) is 0 Å². The van der Waals surface area contributed by atoms with Crippen molar-refractivity contribution in [3.05, 3.63) is 0 Å². The Balaban J connectivity index is 1.96. The Hall–Kier alpha value is -0.660. The number of piperidine rings is 1. The van der Waals surface area contributed by atoms with Gasteiger partial charge in [0.2, 0.25) is 10.0 Å². The van der Waals surface area contributed by atoms with E-state index in [-0.39, 0.29) is 18.4 Å². The van der Waals surface area contributed by atoms with E-state index in [9.17, 15) is 13.2 Å². The van der Waals surface area contributed by atoms with E-state index < -0.39 is 21.9 Å². The van der Waals surface area contributed by atoms with E-state index in [1.807, 2.05) is 0 Å². The number of carboxylic acid groups (broad SMARTS) is 1. The molecule has 0 aromatic rings. The van der Waals surface area contributed by atoms with Crippen LogP contribution in [-0.4, -0.2) is 55.4 Å². The van der Waals surface area contributed by atoms with Gasteiger partial charge in [-0.15, -0.1) is 0 Å². The predicted molar refractivity (Wildman–Crippen MR) is 69.3 cm³/mol. The van der Waals surface area contributed by atoms with Crippen LogP contribution in [-0.2, 0) is 19.6 Å². The molecule has 0 aromatic heterocycles. The molecule has 0 radical (unpaired) electrons. The van der Waals surface area contributed by atoms with E-state index in [2.05, 4.69) is 0 Å². The molecule has 7 heteroatoms. The van der Waals surface area contributed by atoms with Crippen molar-refractivity contribution in [3.8, 4) is 0 Å². The molecule has 2 rings (SSSR count). The molecule has 2 atom stereocenters. The van der Waals surface area contributed by atoms with Crippen molar-refractivity contribution >= 4 is 16.0 Å². The number of ether oxygens (including phenoxy) is 1. The molecule has 0 aliphatic carbocycles. The number of nitrogens with zero attached hydrogens (tertiary/aromatic N) is 1. The summed E-state index contributed by atoms with van der Waals surface area (Å²) >= 11 is 0. The fourth-order valence-corrected chi connectivity index (χ4v) is 4.43. The molecule has 2 heterocycles. The highest BCUT2D eigenvalue weighted by atomic mass is 32.2. The minimum atomic E-state index is -3.40. The van der Waals surface area contributed by atoms with Crippen LogP contribution in [0.15, 0.2) is 0 Å². The van der Waals surface area contributed by atoms with Gasteiger partial charge in [0.1, 0.15) is 0 Å². The summed E-state index contributed by atoms with van der Waals surface area (Å²) in [6, 6.07) is 0. The van der Waals surface area contributed by atoms with Crippen molar-refractivity contribution in [2.24, 2.45) is 5.92 Å². The van der Waals surface area contributed by atoms with Gasteiger partial charge in [-0.1, -0.05) is 0 Å². The summed E-state index contributed by atoms with van der Waals surface area (Å²) in [5.74, 6) is -1.50. The van der Waals surface area contributed by atoms with Gasteiger partial charge < -0.3 is 9.84 Å². The van der Waals surface area contributed by atoms with Crippen molar-refractivity contribution in [3.63, 3.8) is 0 Å². The second-order valence-electron chi connectivity index (χ2n) is 5.30. The SMILES string of the molecule is O=C(O)C1CCCN(S(=O)(=O)CC2CCCCO2)C1. The van der Waals surface area contributed by atoms with Crippen LogP contribution in [0.4, 0.5) is 0 Å². The Kier molecular flexibility index (Phi) is 4.81. The number of aliphatic carboxylic acids is 1. The van der Waals surface area contributed by atoms with Crippen LogP contribution in [0.5, 0.6) is 0 Å². The van der Waals surface area contributed by atoms with Crippen molar-refractivity contribution < 1.29 is 23.1 Å². The van der Waals surface area contributed by atoms with Crippen LogP contribution in [0.1, 0.15) is 32.1 Å². The Labute approximate surface area is 113 Å². The van der Waals surface area contributed by atoms with Gasteiger partial charge in [-0.3, -0.25) is 4.79 Å². The summed E-state index contributed by atoms with van der Waals surface area (Å²) < 4.78 is 31.3. The largest absolute Gasteiger partial charge is 0.481 e. The average Bonchev–Trinajstić information content (AvgIpc) is 2.39. The Morgan fingerprint density at radius 1 is 1.26 bits per heavy atom. The topological polar surface area (TPSA) is 83.9 Å². The lowest BCUT2D eigenvalue weighted by Crippen LogP contribution is -2.45. The van der Waals surface area contributed by atoms with Crippen LogP contribution in [0, 0.1) is 5.92 Å². The highest BCUT2D eigenvalue weighted by Gasteiger charge is 2.34. The summed E-state index contributed by atoms with van der Waals surface area (Å²) in [5, 5.41) is 9.00. The number of hydrogen-bond donors (Lipinski definition) is 1. The molecule has 2 aliphatic rings. The molecule has 2 unspecified atom stereocenters. The minimum Gasteiger partial charge on any atom is -0.481 e. The normalized spacial score (nSPS) is 30.1. The highest BCUT2D eigenvalue weighted by Crippen LogP contribution is 2.22. The van der Waals surface area contributed by atoms with Gasteiger partial charge in [-0.2, -0.15) is 0 Å². The minimum absolute atomic E-state index is 0.0145. The van der Waals surface area contributed by atoms with Gasteiger partial charge >= 0.3 is 5.97 Å². The molecule has 0 saturated carbocycles. The predicted octanol–water partition coefficient (Wildman–Crippen LogP) is 0.682. The maximum absolute atomic E-state index is 12.3. The zero-order chi connectivity index (χ0) is 13.9. The van der Waals surface area contributed by atoms with Gasteiger partial charge in [0.25, 0.3) is 0 Å². The van der Waals surface area contributed by atoms with Gasteiger partial charge in [0, 0.05) is 19.7 Å². The second kappa shape index (κ2) is 6.19. The summed E-state index contributed by atoms with van der Waals surface area (Å²) in [7, 11) is -3.40. The van der Waals surface area contributed by atoms with Gasteiger partial charge in [-0.25, -0.2) is 12.7 Å². The Bertz CT molecular complexity index is 416. The number of carbonyl (C=O) groups is 1. The number of sulfonamides is 1. The van der Waals surface area contributed by atoms with Crippen LogP contribution in [0.3, 0.4) is 0 Å². The molecule has 0 amide bonds. The first-order chi connectivity index (χ1) is 8.99. The molecule has 2 aliphatic heterocycles. The molecule has 19 heavy (non-hydrogen) atoms.